The normalized spacial score (nSPS) is 28.2. The Morgan fingerprint density at radius 2 is 1.95 bits per heavy atom. The fourth-order valence-electron chi connectivity index (χ4n) is 6.57. The maximum absolute atomic E-state index is 13.2. The van der Waals surface area contributed by atoms with Gasteiger partial charge >= 0.3 is 6.18 Å². The van der Waals surface area contributed by atoms with Crippen molar-refractivity contribution >= 4 is 5.91 Å². The molecular weight excluding hydrogens is 479 g/mol. The number of carbonyl (C=O) groups is 1. The number of aliphatic hydroxyl groups is 1. The van der Waals surface area contributed by atoms with Crippen LogP contribution in [0.2, 0.25) is 0 Å². The van der Waals surface area contributed by atoms with Crippen molar-refractivity contribution in [3.05, 3.63) is 64.5 Å². The lowest BCUT2D eigenvalue weighted by molar-refractivity contribution is -0.185. The summed E-state index contributed by atoms with van der Waals surface area (Å²) in [5.74, 6) is -1.44. The molecular formula is C29H36F3N3O2. The van der Waals surface area contributed by atoms with Crippen molar-refractivity contribution in [2.24, 2.45) is 11.3 Å². The number of benzene rings is 1. The molecule has 2 aromatic rings. The molecule has 2 heterocycles. The minimum Gasteiger partial charge on any atom is -0.394 e. The van der Waals surface area contributed by atoms with Gasteiger partial charge in [0.2, 0.25) is 0 Å². The van der Waals surface area contributed by atoms with E-state index in [9.17, 15) is 23.1 Å². The molecule has 3 aliphatic rings. The molecule has 1 aliphatic heterocycles. The van der Waals surface area contributed by atoms with Crippen LogP contribution in [0.5, 0.6) is 0 Å². The molecule has 3 atom stereocenters. The van der Waals surface area contributed by atoms with Gasteiger partial charge in [-0.3, -0.25) is 14.7 Å². The van der Waals surface area contributed by atoms with Gasteiger partial charge in [-0.25, -0.2) is 0 Å². The summed E-state index contributed by atoms with van der Waals surface area (Å²) < 4.78 is 39.6. The molecule has 2 aliphatic carbocycles. The van der Waals surface area contributed by atoms with Gasteiger partial charge in [0.05, 0.1) is 35.9 Å². The zero-order chi connectivity index (χ0) is 26.4. The van der Waals surface area contributed by atoms with Crippen LogP contribution < -0.4 is 5.32 Å². The molecule has 1 amide bonds. The van der Waals surface area contributed by atoms with Gasteiger partial charge in [0.15, 0.2) is 0 Å². The standard InChI is InChI=1S/C29H36F3N3O2/c1-3-4-24-26-21(16-35(24)25-14-28(25)11-9-22(10-12-28)29(30,31)32)13-20(15-33-26)27(37)34-23(17-36)19-7-5-18(2)6-8-19/h5-8,13,15,22-25,36H,3-4,9-12,14,16-17H2,1-2H3,(H,34,37)/t22?,23-,24?,25?,28?/m0/s1. The van der Waals surface area contributed by atoms with Gasteiger partial charge < -0.3 is 10.4 Å². The van der Waals surface area contributed by atoms with E-state index in [4.69, 9.17) is 4.98 Å². The van der Waals surface area contributed by atoms with Crippen LogP contribution in [0.3, 0.4) is 0 Å². The Labute approximate surface area is 216 Å². The molecule has 8 heteroatoms. The smallest absolute Gasteiger partial charge is 0.391 e. The van der Waals surface area contributed by atoms with E-state index in [1.165, 1.54) is 0 Å². The number of fused-ring (bicyclic) bond motifs is 1. The topological polar surface area (TPSA) is 65.5 Å². The molecule has 1 spiro atoms. The first kappa shape index (κ1) is 26.2. The summed E-state index contributed by atoms with van der Waals surface area (Å²) in [7, 11) is 0. The second-order valence-electron chi connectivity index (χ2n) is 11.3. The molecule has 2 saturated carbocycles. The minimum absolute atomic E-state index is 0.00161. The summed E-state index contributed by atoms with van der Waals surface area (Å²) in [5.41, 5.74) is 4.40. The van der Waals surface area contributed by atoms with E-state index in [1.54, 1.807) is 6.20 Å². The van der Waals surface area contributed by atoms with E-state index in [0.717, 1.165) is 41.6 Å². The predicted molar refractivity (Wildman–Crippen MR) is 135 cm³/mol. The summed E-state index contributed by atoms with van der Waals surface area (Å²) in [4.78, 5) is 20.2. The van der Waals surface area contributed by atoms with E-state index in [0.29, 0.717) is 24.9 Å². The lowest BCUT2D eigenvalue weighted by Gasteiger charge is -2.33. The molecule has 5 nitrogen and oxygen atoms in total. The third-order valence-electron chi connectivity index (χ3n) is 8.85. The monoisotopic (exact) mass is 515 g/mol. The lowest BCUT2D eigenvalue weighted by Crippen LogP contribution is -2.33. The van der Waals surface area contributed by atoms with Gasteiger partial charge in [0.25, 0.3) is 5.91 Å². The van der Waals surface area contributed by atoms with Gasteiger partial charge in [-0.05, 0) is 68.1 Å². The number of nitrogens with zero attached hydrogens (tertiary/aromatic N) is 2. The van der Waals surface area contributed by atoms with Gasteiger partial charge in [-0.15, -0.1) is 0 Å². The van der Waals surface area contributed by atoms with Crippen molar-refractivity contribution in [3.8, 4) is 0 Å². The Bertz CT molecular complexity index is 1130. The van der Waals surface area contributed by atoms with Crippen LogP contribution in [0.4, 0.5) is 13.2 Å². The lowest BCUT2D eigenvalue weighted by atomic mass is 9.78. The molecule has 0 bridgehead atoms. The fraction of sp³-hybridized carbons (Fsp3) is 0.586. The largest absolute Gasteiger partial charge is 0.394 e. The SMILES string of the molecule is CCCC1c2ncc(C(=O)N[C@@H](CO)c3ccc(C)cc3)cc2CN1C1CC12CCC(C(F)(F)F)CC2. The van der Waals surface area contributed by atoms with Crippen LogP contribution in [-0.2, 0) is 6.54 Å². The van der Waals surface area contributed by atoms with Crippen LogP contribution in [0.1, 0.15) is 96.7 Å². The number of carbonyl (C=O) groups excluding carboxylic acids is 1. The van der Waals surface area contributed by atoms with E-state index >= 15 is 0 Å². The quantitative estimate of drug-likeness (QED) is 0.473. The van der Waals surface area contributed by atoms with Gasteiger partial charge in [-0.2, -0.15) is 13.2 Å². The fourth-order valence-corrected chi connectivity index (χ4v) is 6.57. The number of hydrogen-bond acceptors (Lipinski definition) is 4. The maximum Gasteiger partial charge on any atom is 0.391 e. The Kier molecular flexibility index (Phi) is 7.09. The number of aliphatic hydroxyl groups excluding tert-OH is 1. The molecule has 2 fully saturated rings. The summed E-state index contributed by atoms with van der Waals surface area (Å²) >= 11 is 0. The van der Waals surface area contributed by atoms with Crippen molar-refractivity contribution in [2.45, 2.75) is 89.6 Å². The summed E-state index contributed by atoms with van der Waals surface area (Å²) in [6.07, 6.45) is 2.12. The number of nitrogens with one attached hydrogen (secondary N) is 1. The third kappa shape index (κ3) is 5.15. The molecule has 0 radical (unpaired) electrons. The van der Waals surface area contributed by atoms with Crippen molar-refractivity contribution in [3.63, 3.8) is 0 Å². The van der Waals surface area contributed by atoms with Crippen LogP contribution in [0.25, 0.3) is 0 Å². The van der Waals surface area contributed by atoms with Gasteiger partial charge in [0.1, 0.15) is 0 Å². The van der Waals surface area contributed by atoms with E-state index in [2.05, 4.69) is 17.1 Å². The highest BCUT2D eigenvalue weighted by atomic mass is 19.4. The van der Waals surface area contributed by atoms with E-state index in [-0.39, 0.29) is 42.9 Å². The Morgan fingerprint density at radius 3 is 2.57 bits per heavy atom. The van der Waals surface area contributed by atoms with Crippen molar-refractivity contribution < 1.29 is 23.1 Å². The third-order valence-corrected chi connectivity index (χ3v) is 8.85. The molecule has 1 aromatic carbocycles. The number of amides is 1. The number of aromatic nitrogens is 1. The molecule has 0 saturated heterocycles. The van der Waals surface area contributed by atoms with Gasteiger partial charge in [-0.1, -0.05) is 43.2 Å². The second-order valence-corrected chi connectivity index (χ2v) is 11.3. The minimum atomic E-state index is -4.09. The van der Waals surface area contributed by atoms with Crippen molar-refractivity contribution in [1.29, 1.82) is 0 Å². The Balaban J connectivity index is 1.29. The number of pyridine rings is 1. The highest BCUT2D eigenvalue weighted by Crippen LogP contribution is 2.63. The van der Waals surface area contributed by atoms with Crippen LogP contribution in [0, 0.1) is 18.3 Å². The second kappa shape index (κ2) is 10.0. The maximum atomic E-state index is 13.2. The van der Waals surface area contributed by atoms with Crippen molar-refractivity contribution in [1.82, 2.24) is 15.2 Å². The average molecular weight is 516 g/mol. The van der Waals surface area contributed by atoms with Crippen LogP contribution in [-0.4, -0.2) is 39.7 Å². The van der Waals surface area contributed by atoms with Gasteiger partial charge in [0, 0.05) is 18.8 Å². The first-order valence-corrected chi connectivity index (χ1v) is 13.4. The first-order chi connectivity index (χ1) is 17.6. The highest BCUT2D eigenvalue weighted by Gasteiger charge is 2.61. The molecule has 200 valence electrons. The van der Waals surface area contributed by atoms with Crippen molar-refractivity contribution in [2.75, 3.05) is 6.61 Å². The number of alkyl halides is 3. The highest BCUT2D eigenvalue weighted by molar-refractivity contribution is 5.94. The van der Waals surface area contributed by atoms with Crippen LogP contribution >= 0.6 is 0 Å². The number of aryl methyl sites for hydroxylation is 1. The molecule has 37 heavy (non-hydrogen) atoms. The zero-order valence-corrected chi connectivity index (χ0v) is 21.5. The molecule has 1 aromatic heterocycles. The average Bonchev–Trinajstić information content (AvgIpc) is 3.44. The van der Waals surface area contributed by atoms with E-state index in [1.807, 2.05) is 37.3 Å². The molecule has 2 unspecified atom stereocenters. The van der Waals surface area contributed by atoms with E-state index < -0.39 is 18.1 Å². The zero-order valence-electron chi connectivity index (χ0n) is 21.5. The number of hydrogen-bond donors (Lipinski definition) is 2. The number of halogens is 3. The summed E-state index contributed by atoms with van der Waals surface area (Å²) in [6, 6.07) is 9.51. The molecule has 5 rings (SSSR count). The first-order valence-electron chi connectivity index (χ1n) is 13.4. The summed E-state index contributed by atoms with van der Waals surface area (Å²) in [6.45, 7) is 4.58. The van der Waals surface area contributed by atoms with Crippen LogP contribution in [0.15, 0.2) is 36.5 Å². The number of rotatable bonds is 7. The Hall–Kier alpha value is -2.45. The summed E-state index contributed by atoms with van der Waals surface area (Å²) in [5, 5.41) is 12.8. The molecule has 2 N–H and O–H groups in total. The Morgan fingerprint density at radius 1 is 1.24 bits per heavy atom. The predicted octanol–water partition coefficient (Wildman–Crippen LogP) is 6.02.